The van der Waals surface area contributed by atoms with Gasteiger partial charge in [-0.15, -0.1) is 0 Å². The van der Waals surface area contributed by atoms with E-state index in [9.17, 15) is 9.59 Å². The van der Waals surface area contributed by atoms with Crippen molar-refractivity contribution in [2.75, 3.05) is 0 Å². The van der Waals surface area contributed by atoms with E-state index in [0.29, 0.717) is 23.3 Å². The zero-order valence-corrected chi connectivity index (χ0v) is 19.1. The number of carbonyl (C=O) groups is 2. The van der Waals surface area contributed by atoms with Crippen molar-refractivity contribution in [2.24, 2.45) is 0 Å². The van der Waals surface area contributed by atoms with Crippen molar-refractivity contribution in [1.82, 2.24) is 0 Å². The summed E-state index contributed by atoms with van der Waals surface area (Å²) < 4.78 is 11.2. The van der Waals surface area contributed by atoms with E-state index < -0.39 is 12.1 Å². The first-order valence-corrected chi connectivity index (χ1v) is 11.3. The minimum absolute atomic E-state index is 0.377. The molecular formula is C30H24O4. The van der Waals surface area contributed by atoms with E-state index in [1.54, 1.807) is 30.4 Å². The summed E-state index contributed by atoms with van der Waals surface area (Å²) in [4.78, 5) is 25.2. The molecule has 0 radical (unpaired) electrons. The molecule has 1 atom stereocenters. The molecule has 0 heterocycles. The molecule has 0 bridgehead atoms. The Morgan fingerprint density at radius 2 is 1.24 bits per heavy atom. The number of benzene rings is 4. The Kier molecular flexibility index (Phi) is 5.72. The largest absolute Gasteiger partial charge is 0.454 e. The number of aryl methyl sites for hydroxylation is 2. The van der Waals surface area contributed by atoms with Gasteiger partial charge >= 0.3 is 11.9 Å². The minimum atomic E-state index is -0.416. The van der Waals surface area contributed by atoms with E-state index in [2.05, 4.69) is 12.1 Å². The van der Waals surface area contributed by atoms with Crippen molar-refractivity contribution in [3.8, 4) is 0 Å². The topological polar surface area (TPSA) is 52.6 Å². The highest BCUT2D eigenvalue weighted by Crippen LogP contribution is 2.22. The van der Waals surface area contributed by atoms with Gasteiger partial charge in [0.25, 0.3) is 0 Å². The van der Waals surface area contributed by atoms with Gasteiger partial charge in [-0.3, -0.25) is 0 Å². The number of hydrogen-bond acceptors (Lipinski definition) is 4. The fourth-order valence-electron chi connectivity index (χ4n) is 4.10. The summed E-state index contributed by atoms with van der Waals surface area (Å²) in [6.07, 6.45) is 5.21. The Balaban J connectivity index is 1.20. The van der Waals surface area contributed by atoms with Crippen LogP contribution in [0.2, 0.25) is 0 Å². The molecule has 0 aliphatic heterocycles. The number of allylic oxidation sites excluding steroid dienone is 1. The molecule has 4 nitrogen and oxygen atoms in total. The Morgan fingerprint density at radius 3 is 1.79 bits per heavy atom. The fourth-order valence-corrected chi connectivity index (χ4v) is 4.10. The lowest BCUT2D eigenvalue weighted by Gasteiger charge is -2.17. The van der Waals surface area contributed by atoms with Crippen LogP contribution < -0.4 is 0 Å². The van der Waals surface area contributed by atoms with Crippen LogP contribution in [0.25, 0.3) is 21.5 Å². The van der Waals surface area contributed by atoms with Gasteiger partial charge in [-0.05, 0) is 77.9 Å². The van der Waals surface area contributed by atoms with Gasteiger partial charge in [-0.25, -0.2) is 9.59 Å². The quantitative estimate of drug-likeness (QED) is 0.321. The van der Waals surface area contributed by atoms with Crippen molar-refractivity contribution >= 4 is 33.5 Å². The summed E-state index contributed by atoms with van der Waals surface area (Å²) in [6, 6.07) is 23.3. The lowest BCUT2D eigenvalue weighted by Crippen LogP contribution is -2.18. The number of ether oxygens (including phenoxy) is 2. The van der Waals surface area contributed by atoms with E-state index in [-0.39, 0.29) is 5.97 Å². The van der Waals surface area contributed by atoms with Crippen molar-refractivity contribution < 1.29 is 19.1 Å². The van der Waals surface area contributed by atoms with Crippen LogP contribution in [0.1, 0.15) is 38.3 Å². The Bertz CT molecular complexity index is 1490. The first-order valence-electron chi connectivity index (χ1n) is 11.3. The Hall–Kier alpha value is -4.18. The third kappa shape index (κ3) is 4.62. The zero-order chi connectivity index (χ0) is 23.7. The number of carbonyl (C=O) groups excluding carboxylic acids is 2. The maximum atomic E-state index is 12.6. The van der Waals surface area contributed by atoms with Gasteiger partial charge in [0.2, 0.25) is 0 Å². The van der Waals surface area contributed by atoms with Gasteiger partial charge in [0.1, 0.15) is 11.9 Å². The highest BCUT2D eigenvalue weighted by Gasteiger charge is 2.18. The molecule has 4 aromatic rings. The average molecular weight is 449 g/mol. The van der Waals surface area contributed by atoms with E-state index in [1.807, 2.05) is 62.4 Å². The molecule has 0 aromatic heterocycles. The highest BCUT2D eigenvalue weighted by molar-refractivity contribution is 5.97. The summed E-state index contributed by atoms with van der Waals surface area (Å²) in [6.45, 7) is 4.08. The van der Waals surface area contributed by atoms with E-state index >= 15 is 0 Å². The second kappa shape index (κ2) is 8.99. The number of rotatable bonds is 4. The number of fused-ring (bicyclic) bond motifs is 2. The first kappa shape index (κ1) is 21.7. The van der Waals surface area contributed by atoms with Gasteiger partial charge in [0, 0.05) is 6.42 Å². The molecule has 1 aliphatic rings. The maximum Gasteiger partial charge on any atom is 0.343 e. The molecular weight excluding hydrogens is 424 g/mol. The van der Waals surface area contributed by atoms with Crippen LogP contribution in [0, 0.1) is 13.8 Å². The molecule has 0 saturated carbocycles. The number of hydrogen-bond donors (Lipinski definition) is 0. The van der Waals surface area contributed by atoms with Crippen LogP contribution in [-0.2, 0) is 9.47 Å². The molecule has 1 aliphatic carbocycles. The summed E-state index contributed by atoms with van der Waals surface area (Å²) in [5.41, 5.74) is 3.35. The standard InChI is InChI=1S/C30H24O4/c1-19-3-5-23-17-25(9-7-21(23)15-19)29(31)33-27-11-13-28(14-12-27)34-30(32)26-10-8-22-16-20(2)4-6-24(22)18-26/h3-13,15-18,28H,14H2,1-2H3. The molecule has 34 heavy (non-hydrogen) atoms. The van der Waals surface area contributed by atoms with Gasteiger partial charge in [-0.1, -0.05) is 59.7 Å². The zero-order valence-electron chi connectivity index (χ0n) is 19.1. The first-order chi connectivity index (χ1) is 16.4. The highest BCUT2D eigenvalue weighted by atomic mass is 16.5. The van der Waals surface area contributed by atoms with Crippen LogP contribution >= 0.6 is 0 Å². The molecule has 4 heteroatoms. The van der Waals surface area contributed by atoms with E-state index in [4.69, 9.17) is 9.47 Å². The predicted octanol–water partition coefficient (Wildman–Crippen LogP) is 6.84. The van der Waals surface area contributed by atoms with Crippen molar-refractivity contribution in [1.29, 1.82) is 0 Å². The normalized spacial score (nSPS) is 15.2. The lowest BCUT2D eigenvalue weighted by molar-refractivity contribution is 0.0389. The molecule has 1 unspecified atom stereocenters. The molecule has 4 aromatic carbocycles. The van der Waals surface area contributed by atoms with Crippen LogP contribution in [0.4, 0.5) is 0 Å². The molecule has 168 valence electrons. The molecule has 0 spiro atoms. The molecule has 0 saturated heterocycles. The van der Waals surface area contributed by atoms with Crippen LogP contribution in [0.15, 0.2) is 96.8 Å². The van der Waals surface area contributed by atoms with Crippen molar-refractivity contribution in [3.63, 3.8) is 0 Å². The van der Waals surface area contributed by atoms with Crippen LogP contribution in [0.3, 0.4) is 0 Å². The van der Waals surface area contributed by atoms with Gasteiger partial charge in [0.15, 0.2) is 0 Å². The molecule has 0 N–H and O–H groups in total. The summed E-state index contributed by atoms with van der Waals surface area (Å²) in [5.74, 6) is -0.347. The van der Waals surface area contributed by atoms with Gasteiger partial charge in [-0.2, -0.15) is 0 Å². The van der Waals surface area contributed by atoms with E-state index in [1.165, 1.54) is 11.1 Å². The second-order valence-electron chi connectivity index (χ2n) is 8.67. The fraction of sp³-hybridized carbons (Fsp3) is 0.133. The maximum absolute atomic E-state index is 12.6. The molecule has 0 fully saturated rings. The molecule has 0 amide bonds. The van der Waals surface area contributed by atoms with E-state index in [0.717, 1.165) is 21.5 Å². The third-order valence-electron chi connectivity index (χ3n) is 5.96. The van der Waals surface area contributed by atoms with Crippen molar-refractivity contribution in [2.45, 2.75) is 26.4 Å². The second-order valence-corrected chi connectivity index (χ2v) is 8.67. The Morgan fingerprint density at radius 1 is 0.706 bits per heavy atom. The molecule has 5 rings (SSSR count). The summed E-state index contributed by atoms with van der Waals surface area (Å²) in [5, 5.41) is 4.16. The van der Waals surface area contributed by atoms with Crippen LogP contribution in [-0.4, -0.2) is 18.0 Å². The van der Waals surface area contributed by atoms with Crippen LogP contribution in [0.5, 0.6) is 0 Å². The third-order valence-corrected chi connectivity index (χ3v) is 5.96. The SMILES string of the molecule is Cc1ccc2cc(C(=O)OC3=CCC(OC(=O)c4ccc5cc(C)ccc5c4)C=C3)ccc2c1. The van der Waals surface area contributed by atoms with Crippen molar-refractivity contribution in [3.05, 3.63) is 119 Å². The Labute approximate surface area is 198 Å². The summed E-state index contributed by atoms with van der Waals surface area (Å²) in [7, 11) is 0. The number of esters is 2. The predicted molar refractivity (Wildman–Crippen MR) is 134 cm³/mol. The van der Waals surface area contributed by atoms with Gasteiger partial charge < -0.3 is 9.47 Å². The monoisotopic (exact) mass is 448 g/mol. The minimum Gasteiger partial charge on any atom is -0.454 e. The van der Waals surface area contributed by atoms with Gasteiger partial charge in [0.05, 0.1) is 11.1 Å². The average Bonchev–Trinajstić information content (AvgIpc) is 2.84. The summed E-state index contributed by atoms with van der Waals surface area (Å²) >= 11 is 0. The smallest absolute Gasteiger partial charge is 0.343 e. The lowest BCUT2D eigenvalue weighted by atomic mass is 10.0.